The molecule has 178 valence electrons. The van der Waals surface area contributed by atoms with Crippen molar-refractivity contribution in [2.24, 2.45) is 0 Å². The van der Waals surface area contributed by atoms with E-state index in [4.69, 9.17) is 21.1 Å². The molecule has 5 nitrogen and oxygen atoms in total. The van der Waals surface area contributed by atoms with E-state index >= 15 is 0 Å². The van der Waals surface area contributed by atoms with E-state index in [1.165, 1.54) is 12.8 Å². The third-order valence-electron chi connectivity index (χ3n) is 7.32. The van der Waals surface area contributed by atoms with Crippen LogP contribution in [0.2, 0.25) is 5.02 Å². The first kappa shape index (κ1) is 21.3. The van der Waals surface area contributed by atoms with Crippen molar-refractivity contribution in [3.63, 3.8) is 0 Å². The fourth-order valence-electron chi connectivity index (χ4n) is 5.63. The summed E-state index contributed by atoms with van der Waals surface area (Å²) in [5.74, 6) is 1.04. The number of halogens is 1. The molecule has 0 aliphatic carbocycles. The maximum atomic E-state index is 13.2. The normalized spacial score (nSPS) is 19.4. The molecule has 0 aromatic heterocycles. The van der Waals surface area contributed by atoms with Gasteiger partial charge < -0.3 is 19.7 Å². The molecule has 36 heavy (non-hydrogen) atoms. The van der Waals surface area contributed by atoms with E-state index in [-0.39, 0.29) is 5.97 Å². The van der Waals surface area contributed by atoms with Gasteiger partial charge in [0.25, 0.3) is 0 Å². The lowest BCUT2D eigenvalue weighted by molar-refractivity contribution is 0.0224. The monoisotopic (exact) mass is 494 g/mol. The molecule has 1 N–H and O–H groups in total. The number of esters is 1. The quantitative estimate of drug-likeness (QED) is 0.304. The zero-order valence-electron chi connectivity index (χ0n) is 19.5. The Morgan fingerprint density at radius 3 is 2.47 bits per heavy atom. The Kier molecular flexibility index (Phi) is 4.76. The number of carbonyl (C=O) groups excluding carboxylic acids is 1. The van der Waals surface area contributed by atoms with Gasteiger partial charge in [0.1, 0.15) is 11.5 Å². The van der Waals surface area contributed by atoms with Crippen LogP contribution in [0.3, 0.4) is 0 Å². The first-order chi connectivity index (χ1) is 17.6. The Bertz CT molecular complexity index is 1530. The summed E-state index contributed by atoms with van der Waals surface area (Å²) in [4.78, 5) is 15.5. The number of hydrogen-bond donors (Lipinski definition) is 1. The molecular formula is C30H23ClN2O3. The van der Waals surface area contributed by atoms with Crippen molar-refractivity contribution in [2.45, 2.75) is 18.4 Å². The fraction of sp³-hybridized carbons (Fsp3) is 0.167. The van der Waals surface area contributed by atoms with Crippen LogP contribution < -0.4 is 15.0 Å². The van der Waals surface area contributed by atoms with Crippen molar-refractivity contribution in [1.82, 2.24) is 0 Å². The minimum atomic E-state index is -1.10. The number of nitrogens with one attached hydrogen (secondary N) is 1. The number of para-hydroxylation sites is 1. The highest BCUT2D eigenvalue weighted by atomic mass is 35.5. The zero-order chi connectivity index (χ0) is 24.3. The predicted molar refractivity (Wildman–Crippen MR) is 141 cm³/mol. The van der Waals surface area contributed by atoms with Gasteiger partial charge in [-0.1, -0.05) is 41.9 Å². The largest absolute Gasteiger partial charge is 0.456 e. The van der Waals surface area contributed by atoms with Crippen LogP contribution in [0.25, 0.3) is 0 Å². The smallest absolute Gasteiger partial charge is 0.340 e. The molecule has 0 amide bonds. The summed E-state index contributed by atoms with van der Waals surface area (Å²) >= 11 is 6.40. The molecular weight excluding hydrogens is 472 g/mol. The average molecular weight is 495 g/mol. The van der Waals surface area contributed by atoms with Crippen molar-refractivity contribution in [3.8, 4) is 11.5 Å². The van der Waals surface area contributed by atoms with Gasteiger partial charge in [-0.05, 0) is 61.4 Å². The molecule has 6 heteroatoms. The Morgan fingerprint density at radius 1 is 0.806 bits per heavy atom. The van der Waals surface area contributed by atoms with Crippen LogP contribution in [0.5, 0.6) is 11.5 Å². The van der Waals surface area contributed by atoms with Crippen LogP contribution in [-0.2, 0) is 10.3 Å². The summed E-state index contributed by atoms with van der Waals surface area (Å²) < 4.78 is 12.8. The van der Waals surface area contributed by atoms with Crippen LogP contribution >= 0.6 is 11.6 Å². The Morgan fingerprint density at radius 2 is 1.61 bits per heavy atom. The summed E-state index contributed by atoms with van der Waals surface area (Å²) in [6, 6.07) is 27.3. The highest BCUT2D eigenvalue weighted by molar-refractivity contribution is 6.33. The molecule has 3 aliphatic heterocycles. The minimum absolute atomic E-state index is 0.336. The molecule has 0 radical (unpaired) electrons. The van der Waals surface area contributed by atoms with Crippen molar-refractivity contribution < 1.29 is 14.3 Å². The number of anilines is 3. The van der Waals surface area contributed by atoms with Crippen molar-refractivity contribution >= 4 is 34.6 Å². The maximum Gasteiger partial charge on any atom is 0.340 e. The van der Waals surface area contributed by atoms with Gasteiger partial charge in [-0.15, -0.1) is 0 Å². The van der Waals surface area contributed by atoms with Gasteiger partial charge in [-0.25, -0.2) is 4.79 Å². The molecule has 4 aromatic rings. The summed E-state index contributed by atoms with van der Waals surface area (Å²) in [5, 5.41) is 4.02. The summed E-state index contributed by atoms with van der Waals surface area (Å²) in [6.45, 7) is 2.07. The molecule has 1 atom stereocenters. The van der Waals surface area contributed by atoms with E-state index in [1.54, 1.807) is 0 Å². The Labute approximate surface area is 214 Å². The summed E-state index contributed by atoms with van der Waals surface area (Å²) in [7, 11) is 0. The second-order valence-corrected chi connectivity index (χ2v) is 9.82. The Balaban J connectivity index is 1.41. The molecule has 4 aromatic carbocycles. The van der Waals surface area contributed by atoms with Crippen LogP contribution in [0.1, 0.15) is 39.9 Å². The second-order valence-electron chi connectivity index (χ2n) is 9.41. The van der Waals surface area contributed by atoms with E-state index in [0.29, 0.717) is 22.1 Å². The molecule has 1 spiro atoms. The predicted octanol–water partition coefficient (Wildman–Crippen LogP) is 7.25. The third-order valence-corrected chi connectivity index (χ3v) is 7.65. The minimum Gasteiger partial charge on any atom is -0.456 e. The molecule has 3 aliphatic rings. The molecule has 1 saturated heterocycles. The van der Waals surface area contributed by atoms with E-state index in [0.717, 1.165) is 46.8 Å². The molecule has 1 unspecified atom stereocenters. The SMILES string of the molecule is O=C1OC2(c3ccc(N4CCCC4)cc3Oc3ccc(Nc4ccccc4Cl)cc32)c2ccccc21. The van der Waals surface area contributed by atoms with Gasteiger partial charge in [0.05, 0.1) is 16.3 Å². The second kappa shape index (κ2) is 8.04. The summed E-state index contributed by atoms with van der Waals surface area (Å²) in [6.07, 6.45) is 2.38. The van der Waals surface area contributed by atoms with Gasteiger partial charge in [0, 0.05) is 47.2 Å². The third kappa shape index (κ3) is 3.12. The van der Waals surface area contributed by atoms with E-state index in [1.807, 2.05) is 66.7 Å². The number of nitrogens with zero attached hydrogens (tertiary/aromatic N) is 1. The standard InChI is InChI=1S/C30H23ClN2O3/c31-25-9-3-4-10-26(25)32-19-11-14-27-24(17-19)30(22-8-2-1-7-21(22)29(34)36-30)23-13-12-20(18-28(23)35-27)33-15-5-6-16-33/h1-4,7-14,17-18,32H,5-6,15-16H2. The van der Waals surface area contributed by atoms with Crippen LogP contribution in [0.4, 0.5) is 17.1 Å². The lowest BCUT2D eigenvalue weighted by atomic mass is 9.77. The molecule has 1 fully saturated rings. The van der Waals surface area contributed by atoms with Crippen LogP contribution in [0, 0.1) is 0 Å². The van der Waals surface area contributed by atoms with Gasteiger partial charge in [0.2, 0.25) is 0 Å². The number of rotatable bonds is 3. The number of benzene rings is 4. The van der Waals surface area contributed by atoms with E-state index < -0.39 is 5.60 Å². The zero-order valence-corrected chi connectivity index (χ0v) is 20.2. The molecule has 0 bridgehead atoms. The van der Waals surface area contributed by atoms with Crippen LogP contribution in [0.15, 0.2) is 84.9 Å². The molecule has 0 saturated carbocycles. The first-order valence-corrected chi connectivity index (χ1v) is 12.6. The average Bonchev–Trinajstić information content (AvgIpc) is 3.54. The topological polar surface area (TPSA) is 50.8 Å². The van der Waals surface area contributed by atoms with Crippen molar-refractivity contribution in [2.75, 3.05) is 23.3 Å². The van der Waals surface area contributed by atoms with Crippen molar-refractivity contribution in [1.29, 1.82) is 0 Å². The lowest BCUT2D eigenvalue weighted by Crippen LogP contribution is -2.33. The highest BCUT2D eigenvalue weighted by Crippen LogP contribution is 2.57. The van der Waals surface area contributed by atoms with Gasteiger partial charge >= 0.3 is 5.97 Å². The maximum absolute atomic E-state index is 13.2. The number of hydrogen-bond acceptors (Lipinski definition) is 5. The number of fused-ring (bicyclic) bond motifs is 6. The Hall–Kier alpha value is -3.96. The van der Waals surface area contributed by atoms with Gasteiger partial charge in [-0.2, -0.15) is 0 Å². The van der Waals surface area contributed by atoms with Gasteiger partial charge in [-0.3, -0.25) is 0 Å². The van der Waals surface area contributed by atoms with E-state index in [9.17, 15) is 4.79 Å². The molecule has 7 rings (SSSR count). The number of ether oxygens (including phenoxy) is 2. The lowest BCUT2D eigenvalue weighted by Gasteiger charge is -2.37. The van der Waals surface area contributed by atoms with Gasteiger partial charge in [0.15, 0.2) is 5.60 Å². The summed E-state index contributed by atoms with van der Waals surface area (Å²) in [5.41, 5.74) is 4.64. The van der Waals surface area contributed by atoms with Crippen LogP contribution in [-0.4, -0.2) is 19.1 Å². The first-order valence-electron chi connectivity index (χ1n) is 12.2. The highest BCUT2D eigenvalue weighted by Gasteiger charge is 2.53. The number of carbonyl (C=O) groups is 1. The van der Waals surface area contributed by atoms with Crippen molar-refractivity contribution in [3.05, 3.63) is 112 Å². The van der Waals surface area contributed by atoms with E-state index in [2.05, 4.69) is 28.4 Å². The molecule has 3 heterocycles. The fourth-order valence-corrected chi connectivity index (χ4v) is 5.81.